The molecule has 0 bridgehead atoms. The van der Waals surface area contributed by atoms with Crippen LogP contribution in [0.15, 0.2) is 12.4 Å². The minimum atomic E-state index is -5.97. The summed E-state index contributed by atoms with van der Waals surface area (Å²) >= 11 is 0. The molecule has 1 aromatic rings. The van der Waals surface area contributed by atoms with E-state index in [2.05, 4.69) is 20.2 Å². The first-order valence-electron chi connectivity index (χ1n) is 9.42. The molecule has 7 nitrogen and oxygen atoms in total. The molecule has 0 unspecified atom stereocenters. The molecular weight excluding hydrogens is 420 g/mol. The van der Waals surface area contributed by atoms with E-state index in [1.807, 2.05) is 6.92 Å². The molecule has 170 valence electrons. The first-order chi connectivity index (χ1) is 13.9. The molecule has 0 radical (unpaired) electrons. The minimum Gasteiger partial charge on any atom is -0.379 e. The van der Waals surface area contributed by atoms with Crippen molar-refractivity contribution in [2.45, 2.75) is 37.0 Å². The van der Waals surface area contributed by atoms with Crippen molar-refractivity contribution in [3.05, 3.63) is 18.0 Å². The number of halogens is 6. The highest BCUT2D eigenvalue weighted by Crippen LogP contribution is 2.49. The molecule has 2 saturated heterocycles. The summed E-state index contributed by atoms with van der Waals surface area (Å²) < 4.78 is 83.7. The van der Waals surface area contributed by atoms with Crippen molar-refractivity contribution in [1.29, 1.82) is 0 Å². The van der Waals surface area contributed by atoms with E-state index >= 15 is 0 Å². The standard InChI is InChI=1S/C17H23F6N5O2/c1-11-10-30-5-4-27(11)9-13-8-24-2-3-28(13)14-25-6-12(7-26-14)15(29,16(18,19)20)17(21,22)23/h6-7,11,13,24,29H,2-5,8-10H2,1H3/t11-,13-/m1/s1. The second-order valence-electron chi connectivity index (χ2n) is 7.45. The number of anilines is 1. The highest BCUT2D eigenvalue weighted by Gasteiger charge is 2.71. The van der Waals surface area contributed by atoms with Gasteiger partial charge in [-0.1, -0.05) is 0 Å². The predicted molar refractivity (Wildman–Crippen MR) is 93.9 cm³/mol. The van der Waals surface area contributed by atoms with Gasteiger partial charge in [0.15, 0.2) is 0 Å². The molecule has 3 heterocycles. The molecule has 0 aromatic carbocycles. The summed E-state index contributed by atoms with van der Waals surface area (Å²) in [5.74, 6) is 0.0119. The molecule has 1 aromatic heterocycles. The summed E-state index contributed by atoms with van der Waals surface area (Å²) in [4.78, 5) is 11.4. The number of hydrogen-bond donors (Lipinski definition) is 2. The van der Waals surface area contributed by atoms with Crippen molar-refractivity contribution in [3.8, 4) is 0 Å². The van der Waals surface area contributed by atoms with E-state index in [0.29, 0.717) is 51.8 Å². The first kappa shape index (κ1) is 23.0. The Bertz CT molecular complexity index is 700. The van der Waals surface area contributed by atoms with E-state index in [4.69, 9.17) is 4.74 Å². The fraction of sp³-hybridized carbons (Fsp3) is 0.765. The van der Waals surface area contributed by atoms with E-state index in [9.17, 15) is 31.4 Å². The summed E-state index contributed by atoms with van der Waals surface area (Å²) in [6, 6.07) is 0.0497. The normalized spacial score (nSPS) is 24.9. The molecule has 2 aliphatic heterocycles. The molecule has 0 spiro atoms. The lowest BCUT2D eigenvalue weighted by molar-refractivity contribution is -0.376. The van der Waals surface area contributed by atoms with Crippen LogP contribution in [0.3, 0.4) is 0 Å². The van der Waals surface area contributed by atoms with Crippen LogP contribution in [0.4, 0.5) is 32.3 Å². The van der Waals surface area contributed by atoms with Crippen molar-refractivity contribution < 1.29 is 36.2 Å². The van der Waals surface area contributed by atoms with Crippen LogP contribution in [0.5, 0.6) is 0 Å². The van der Waals surface area contributed by atoms with Gasteiger partial charge in [-0.3, -0.25) is 4.90 Å². The zero-order valence-electron chi connectivity index (χ0n) is 16.2. The van der Waals surface area contributed by atoms with Crippen LogP contribution < -0.4 is 10.2 Å². The van der Waals surface area contributed by atoms with E-state index in [-0.39, 0.29) is 18.0 Å². The Hall–Kier alpha value is -1.70. The quantitative estimate of drug-likeness (QED) is 0.680. The van der Waals surface area contributed by atoms with Crippen LogP contribution in [0.25, 0.3) is 0 Å². The summed E-state index contributed by atoms with van der Waals surface area (Å²) in [6.07, 6.45) is -11.2. The minimum absolute atomic E-state index is 0.0119. The molecular formula is C17H23F6N5O2. The van der Waals surface area contributed by atoms with Gasteiger partial charge >= 0.3 is 12.4 Å². The van der Waals surface area contributed by atoms with Crippen LogP contribution in [-0.2, 0) is 10.3 Å². The number of aliphatic hydroxyl groups is 1. The molecule has 0 amide bonds. The van der Waals surface area contributed by atoms with E-state index in [1.54, 1.807) is 4.90 Å². The Labute approximate surface area is 169 Å². The van der Waals surface area contributed by atoms with Gasteiger partial charge in [0.1, 0.15) is 0 Å². The summed E-state index contributed by atoms with van der Waals surface area (Å²) in [5, 5.41) is 12.7. The maximum atomic E-state index is 13.0. The fourth-order valence-electron chi connectivity index (χ4n) is 3.64. The number of morpholine rings is 1. The Kier molecular flexibility index (Phi) is 6.46. The zero-order valence-corrected chi connectivity index (χ0v) is 16.2. The van der Waals surface area contributed by atoms with Crippen molar-refractivity contribution >= 4 is 5.95 Å². The number of aromatic nitrogens is 2. The van der Waals surface area contributed by atoms with Crippen LogP contribution >= 0.6 is 0 Å². The number of piperazine rings is 1. The number of nitrogens with zero attached hydrogens (tertiary/aromatic N) is 4. The Morgan fingerprint density at radius 2 is 1.77 bits per heavy atom. The maximum Gasteiger partial charge on any atom is 0.430 e. The molecule has 2 N–H and O–H groups in total. The Morgan fingerprint density at radius 3 is 2.33 bits per heavy atom. The maximum absolute atomic E-state index is 13.0. The largest absolute Gasteiger partial charge is 0.430 e. The lowest BCUT2D eigenvalue weighted by atomic mass is 9.95. The third-order valence-electron chi connectivity index (χ3n) is 5.43. The molecule has 13 heteroatoms. The van der Waals surface area contributed by atoms with E-state index in [0.717, 1.165) is 6.54 Å². The molecule has 0 saturated carbocycles. The zero-order chi connectivity index (χ0) is 22.2. The molecule has 2 aliphatic rings. The first-order valence-corrected chi connectivity index (χ1v) is 9.42. The van der Waals surface area contributed by atoms with Gasteiger partial charge in [0.05, 0.1) is 19.3 Å². The SMILES string of the molecule is C[C@@H]1COCCN1C[C@H]1CNCCN1c1ncc(C(O)(C(F)(F)F)C(F)(F)F)cn1. The second kappa shape index (κ2) is 8.44. The average Bonchev–Trinajstić information content (AvgIpc) is 2.68. The predicted octanol–water partition coefficient (Wildman–Crippen LogP) is 1.29. The number of rotatable bonds is 4. The number of nitrogens with one attached hydrogen (secondary N) is 1. The van der Waals surface area contributed by atoms with Gasteiger partial charge in [-0.25, -0.2) is 9.97 Å². The van der Waals surface area contributed by atoms with Gasteiger partial charge in [0.25, 0.3) is 5.60 Å². The molecule has 30 heavy (non-hydrogen) atoms. The van der Waals surface area contributed by atoms with Gasteiger partial charge < -0.3 is 20.1 Å². The highest BCUT2D eigenvalue weighted by molar-refractivity contribution is 5.35. The Morgan fingerprint density at radius 1 is 1.13 bits per heavy atom. The monoisotopic (exact) mass is 443 g/mol. The van der Waals surface area contributed by atoms with Crippen LogP contribution in [0, 0.1) is 0 Å². The van der Waals surface area contributed by atoms with Crippen molar-refractivity contribution in [2.75, 3.05) is 50.8 Å². The second-order valence-corrected chi connectivity index (χ2v) is 7.45. The Balaban J connectivity index is 1.83. The van der Waals surface area contributed by atoms with Crippen molar-refractivity contribution in [2.24, 2.45) is 0 Å². The molecule has 3 rings (SSSR count). The summed E-state index contributed by atoms with van der Waals surface area (Å²) in [5.41, 5.74) is -6.51. The van der Waals surface area contributed by atoms with Gasteiger partial charge in [-0.05, 0) is 6.92 Å². The van der Waals surface area contributed by atoms with Crippen LogP contribution in [0.1, 0.15) is 12.5 Å². The highest BCUT2D eigenvalue weighted by atomic mass is 19.4. The smallest absolute Gasteiger partial charge is 0.379 e. The van der Waals surface area contributed by atoms with E-state index in [1.165, 1.54) is 0 Å². The third-order valence-corrected chi connectivity index (χ3v) is 5.43. The molecule has 2 fully saturated rings. The topological polar surface area (TPSA) is 73.8 Å². The lowest BCUT2D eigenvalue weighted by Crippen LogP contribution is -2.59. The average molecular weight is 443 g/mol. The van der Waals surface area contributed by atoms with Crippen molar-refractivity contribution in [3.63, 3.8) is 0 Å². The third kappa shape index (κ3) is 4.34. The van der Waals surface area contributed by atoms with E-state index < -0.39 is 23.5 Å². The number of ether oxygens (including phenoxy) is 1. The number of hydrogen-bond acceptors (Lipinski definition) is 7. The number of alkyl halides is 6. The molecule has 0 aliphatic carbocycles. The lowest BCUT2D eigenvalue weighted by Gasteiger charge is -2.42. The summed E-state index contributed by atoms with van der Waals surface area (Å²) in [6.45, 7) is 6.07. The van der Waals surface area contributed by atoms with Crippen LogP contribution in [0.2, 0.25) is 0 Å². The van der Waals surface area contributed by atoms with Gasteiger partial charge in [-0.15, -0.1) is 0 Å². The van der Waals surface area contributed by atoms with Crippen LogP contribution in [-0.4, -0.2) is 90.3 Å². The van der Waals surface area contributed by atoms with Gasteiger partial charge in [0, 0.05) is 56.7 Å². The molecule has 2 atom stereocenters. The van der Waals surface area contributed by atoms with Gasteiger partial charge in [-0.2, -0.15) is 26.3 Å². The van der Waals surface area contributed by atoms with Crippen molar-refractivity contribution in [1.82, 2.24) is 20.2 Å². The van der Waals surface area contributed by atoms with Gasteiger partial charge in [0.2, 0.25) is 5.95 Å². The summed E-state index contributed by atoms with van der Waals surface area (Å²) in [7, 11) is 0. The fourth-order valence-corrected chi connectivity index (χ4v) is 3.64.